The van der Waals surface area contributed by atoms with Crippen LogP contribution in [0.25, 0.3) is 0 Å². The summed E-state index contributed by atoms with van der Waals surface area (Å²) in [6.07, 6.45) is 4.99. The van der Waals surface area contributed by atoms with E-state index in [-0.39, 0.29) is 30.2 Å². The molecule has 3 aromatic carbocycles. The number of hydrogen-bond donors (Lipinski definition) is 1. The molecule has 0 bridgehead atoms. The number of amides is 2. The second-order valence-electron chi connectivity index (χ2n) is 9.33. The summed E-state index contributed by atoms with van der Waals surface area (Å²) in [5.74, 6) is -1.46. The molecule has 1 atom stereocenters. The van der Waals surface area contributed by atoms with Crippen molar-refractivity contribution in [3.8, 4) is 0 Å². The standard InChI is InChI=1S/C29H27F2N3O2/c30-21-14-10-19(11-15-21)18-34-27(28(35)32-23-6-2-1-3-7-23)26(20-12-16-22(31)17-13-20)33-25-9-5-4-8-24(25)29(34)36/h4-5,8-17,23,27H,1-3,6-7,18H2,(H,32,35). The predicted octanol–water partition coefficient (Wildman–Crippen LogP) is 5.56. The minimum Gasteiger partial charge on any atom is -0.351 e. The molecule has 2 aliphatic rings. The summed E-state index contributed by atoms with van der Waals surface area (Å²) in [7, 11) is 0. The number of benzene rings is 3. The van der Waals surface area contributed by atoms with E-state index in [0.29, 0.717) is 28.1 Å². The van der Waals surface area contributed by atoms with Crippen molar-refractivity contribution in [3.63, 3.8) is 0 Å². The van der Waals surface area contributed by atoms with E-state index in [2.05, 4.69) is 5.32 Å². The zero-order valence-electron chi connectivity index (χ0n) is 19.8. The van der Waals surface area contributed by atoms with E-state index in [1.54, 1.807) is 48.5 Å². The molecule has 1 aliphatic heterocycles. The van der Waals surface area contributed by atoms with Gasteiger partial charge in [0.25, 0.3) is 5.91 Å². The Labute approximate surface area is 208 Å². The minimum atomic E-state index is -1.05. The summed E-state index contributed by atoms with van der Waals surface area (Å²) in [4.78, 5) is 34.1. The van der Waals surface area contributed by atoms with E-state index >= 15 is 0 Å². The van der Waals surface area contributed by atoms with Crippen molar-refractivity contribution in [2.75, 3.05) is 0 Å². The van der Waals surface area contributed by atoms with Crippen molar-refractivity contribution in [1.82, 2.24) is 10.2 Å². The Morgan fingerprint density at radius 2 is 1.53 bits per heavy atom. The summed E-state index contributed by atoms with van der Waals surface area (Å²) in [5, 5.41) is 3.15. The van der Waals surface area contributed by atoms with Gasteiger partial charge in [-0.15, -0.1) is 0 Å². The van der Waals surface area contributed by atoms with Crippen LogP contribution in [0.5, 0.6) is 0 Å². The molecule has 0 radical (unpaired) electrons. The Hall–Kier alpha value is -3.87. The van der Waals surface area contributed by atoms with E-state index in [9.17, 15) is 18.4 Å². The molecule has 3 aromatic rings. The molecule has 7 heteroatoms. The van der Waals surface area contributed by atoms with Crippen LogP contribution in [-0.4, -0.2) is 34.5 Å². The highest BCUT2D eigenvalue weighted by molar-refractivity contribution is 6.21. The van der Waals surface area contributed by atoms with Crippen LogP contribution in [0, 0.1) is 11.6 Å². The predicted molar refractivity (Wildman–Crippen MR) is 134 cm³/mol. The fourth-order valence-electron chi connectivity index (χ4n) is 4.95. The maximum absolute atomic E-state index is 13.9. The lowest BCUT2D eigenvalue weighted by Gasteiger charge is -2.33. The molecule has 1 saturated carbocycles. The highest BCUT2D eigenvalue weighted by atomic mass is 19.1. The van der Waals surface area contributed by atoms with Crippen LogP contribution in [0.2, 0.25) is 0 Å². The summed E-state index contributed by atoms with van der Waals surface area (Å²) in [6, 6.07) is 17.6. The van der Waals surface area contributed by atoms with Crippen LogP contribution >= 0.6 is 0 Å². The largest absolute Gasteiger partial charge is 0.351 e. The van der Waals surface area contributed by atoms with Crippen molar-refractivity contribution in [2.45, 2.75) is 50.7 Å². The van der Waals surface area contributed by atoms with Crippen molar-refractivity contribution < 1.29 is 18.4 Å². The van der Waals surface area contributed by atoms with Crippen LogP contribution in [0.3, 0.4) is 0 Å². The normalized spacial score (nSPS) is 18.3. The first kappa shape index (κ1) is 23.9. The molecule has 1 unspecified atom stereocenters. The van der Waals surface area contributed by atoms with Crippen LogP contribution in [-0.2, 0) is 11.3 Å². The van der Waals surface area contributed by atoms with Crippen LogP contribution in [0.4, 0.5) is 14.5 Å². The van der Waals surface area contributed by atoms with Gasteiger partial charge in [-0.3, -0.25) is 9.59 Å². The SMILES string of the molecule is O=C(NC1CCCCC1)C1C(c2ccc(F)cc2)=Nc2ccccc2C(=O)N1Cc1ccc(F)cc1. The van der Waals surface area contributed by atoms with Crippen molar-refractivity contribution in [3.05, 3.63) is 101 Å². The first-order chi connectivity index (χ1) is 17.5. The fraction of sp³-hybridized carbons (Fsp3) is 0.276. The van der Waals surface area contributed by atoms with E-state index in [1.165, 1.54) is 29.2 Å². The Morgan fingerprint density at radius 1 is 0.889 bits per heavy atom. The summed E-state index contributed by atoms with van der Waals surface area (Å²) < 4.78 is 27.4. The van der Waals surface area contributed by atoms with Gasteiger partial charge in [0.15, 0.2) is 6.04 Å². The average Bonchev–Trinajstić information content (AvgIpc) is 3.01. The number of fused-ring (bicyclic) bond motifs is 1. The highest BCUT2D eigenvalue weighted by Crippen LogP contribution is 2.30. The average molecular weight is 488 g/mol. The molecule has 1 heterocycles. The van der Waals surface area contributed by atoms with Gasteiger partial charge in [0.1, 0.15) is 11.6 Å². The maximum Gasteiger partial charge on any atom is 0.257 e. The number of rotatable bonds is 5. The van der Waals surface area contributed by atoms with Gasteiger partial charge in [0.05, 0.1) is 17.0 Å². The van der Waals surface area contributed by atoms with Gasteiger partial charge in [-0.1, -0.05) is 55.7 Å². The van der Waals surface area contributed by atoms with Gasteiger partial charge in [-0.2, -0.15) is 0 Å². The van der Waals surface area contributed by atoms with Crippen molar-refractivity contribution >= 4 is 23.2 Å². The molecule has 36 heavy (non-hydrogen) atoms. The van der Waals surface area contributed by atoms with Gasteiger partial charge < -0.3 is 10.2 Å². The van der Waals surface area contributed by atoms with Crippen LogP contribution < -0.4 is 5.32 Å². The molecule has 0 saturated heterocycles. The molecule has 0 aromatic heterocycles. The molecular formula is C29H27F2N3O2. The van der Waals surface area contributed by atoms with E-state index < -0.39 is 11.9 Å². The first-order valence-corrected chi connectivity index (χ1v) is 12.3. The number of nitrogens with one attached hydrogen (secondary N) is 1. The van der Waals surface area contributed by atoms with Gasteiger partial charge in [0.2, 0.25) is 5.91 Å². The fourth-order valence-corrected chi connectivity index (χ4v) is 4.95. The van der Waals surface area contributed by atoms with E-state index in [4.69, 9.17) is 4.99 Å². The monoisotopic (exact) mass is 487 g/mol. The molecule has 0 spiro atoms. The maximum atomic E-state index is 13.9. The Morgan fingerprint density at radius 3 is 2.22 bits per heavy atom. The van der Waals surface area contributed by atoms with Gasteiger partial charge in [-0.05, 0) is 60.4 Å². The van der Waals surface area contributed by atoms with Crippen molar-refractivity contribution in [1.29, 1.82) is 0 Å². The molecule has 1 fully saturated rings. The molecule has 1 aliphatic carbocycles. The lowest BCUT2D eigenvalue weighted by molar-refractivity contribution is -0.124. The minimum absolute atomic E-state index is 0.0223. The van der Waals surface area contributed by atoms with Gasteiger partial charge in [-0.25, -0.2) is 13.8 Å². The summed E-state index contributed by atoms with van der Waals surface area (Å²) >= 11 is 0. The van der Waals surface area contributed by atoms with Crippen LogP contribution in [0.15, 0.2) is 77.8 Å². The van der Waals surface area contributed by atoms with E-state index in [0.717, 1.165) is 32.1 Å². The number of aliphatic imine (C=N–C) groups is 1. The molecule has 5 nitrogen and oxygen atoms in total. The van der Waals surface area contributed by atoms with E-state index in [1.807, 2.05) is 0 Å². The third-order valence-electron chi connectivity index (χ3n) is 6.81. The Bertz CT molecular complexity index is 1280. The lowest BCUT2D eigenvalue weighted by Crippen LogP contribution is -2.55. The molecule has 1 N–H and O–H groups in total. The Kier molecular flexibility index (Phi) is 6.89. The number of halogens is 2. The zero-order chi connectivity index (χ0) is 25.1. The first-order valence-electron chi connectivity index (χ1n) is 12.3. The second-order valence-corrected chi connectivity index (χ2v) is 9.33. The smallest absolute Gasteiger partial charge is 0.257 e. The third-order valence-corrected chi connectivity index (χ3v) is 6.81. The highest BCUT2D eigenvalue weighted by Gasteiger charge is 2.39. The summed E-state index contributed by atoms with van der Waals surface area (Å²) in [5.41, 5.74) is 2.40. The molecular weight excluding hydrogens is 460 g/mol. The van der Waals surface area contributed by atoms with Crippen LogP contribution in [0.1, 0.15) is 53.6 Å². The lowest BCUT2D eigenvalue weighted by atomic mass is 9.94. The number of para-hydroxylation sites is 1. The van der Waals surface area contributed by atoms with Gasteiger partial charge in [0, 0.05) is 12.6 Å². The second kappa shape index (κ2) is 10.4. The third kappa shape index (κ3) is 5.05. The topological polar surface area (TPSA) is 61.8 Å². The van der Waals surface area contributed by atoms with Gasteiger partial charge >= 0.3 is 0 Å². The quantitative estimate of drug-likeness (QED) is 0.512. The molecule has 184 valence electrons. The number of hydrogen-bond acceptors (Lipinski definition) is 3. The molecule has 5 rings (SSSR count). The molecule has 2 amide bonds. The number of nitrogens with zero attached hydrogens (tertiary/aromatic N) is 2. The number of carbonyl (C=O) groups is 2. The zero-order valence-corrected chi connectivity index (χ0v) is 19.8. The van der Waals surface area contributed by atoms with Crippen molar-refractivity contribution in [2.24, 2.45) is 4.99 Å². The summed E-state index contributed by atoms with van der Waals surface area (Å²) in [6.45, 7) is 0.0798. The number of carbonyl (C=O) groups excluding carboxylic acids is 2. The Balaban J connectivity index is 1.62.